The molecule has 5 nitrogen and oxygen atoms in total. The van der Waals surface area contributed by atoms with Crippen molar-refractivity contribution in [1.82, 2.24) is 4.90 Å². The van der Waals surface area contributed by atoms with Crippen LogP contribution in [0, 0.1) is 5.92 Å². The van der Waals surface area contributed by atoms with Gasteiger partial charge in [0.25, 0.3) is 5.91 Å². The van der Waals surface area contributed by atoms with E-state index < -0.39 is 6.10 Å². The van der Waals surface area contributed by atoms with E-state index in [1.807, 2.05) is 0 Å². The molecule has 0 spiro atoms. The van der Waals surface area contributed by atoms with E-state index in [2.05, 4.69) is 13.8 Å². The number of methoxy groups -OCH3 is 1. The van der Waals surface area contributed by atoms with Gasteiger partial charge in [0.15, 0.2) is 6.10 Å². The first kappa shape index (κ1) is 21.5. The molecular weight excluding hydrogens is 316 g/mol. The molecule has 1 aromatic carbocycles. The molecule has 0 aromatic heterocycles. The van der Waals surface area contributed by atoms with Crippen LogP contribution in [0.5, 0.6) is 11.5 Å². The molecule has 0 heterocycles. The Kier molecular flexibility index (Phi) is 9.68. The maximum Gasteiger partial charge on any atom is 0.263 e. The lowest BCUT2D eigenvalue weighted by atomic mass is 10.0. The lowest BCUT2D eigenvalue weighted by Crippen LogP contribution is -2.40. The molecule has 1 rings (SSSR count). The fourth-order valence-corrected chi connectivity index (χ4v) is 2.01. The number of carbonyl (C=O) groups excluding carboxylic acids is 1. The van der Waals surface area contributed by atoms with E-state index in [0.29, 0.717) is 18.2 Å². The molecule has 2 N–H and O–H groups in total. The second-order valence-electron chi connectivity index (χ2n) is 5.89. The molecule has 0 radical (unpaired) electrons. The Morgan fingerprint density at radius 3 is 2.17 bits per heavy atom. The number of carbonyl (C=O) groups is 1. The van der Waals surface area contributed by atoms with E-state index in [4.69, 9.17) is 15.2 Å². The van der Waals surface area contributed by atoms with Gasteiger partial charge in [-0.25, -0.2) is 0 Å². The molecule has 0 bridgehead atoms. The number of halogens is 1. The lowest BCUT2D eigenvalue weighted by molar-refractivity contribution is -0.136. The van der Waals surface area contributed by atoms with E-state index in [1.165, 1.54) is 0 Å². The van der Waals surface area contributed by atoms with Crippen LogP contribution >= 0.6 is 12.4 Å². The molecule has 6 heteroatoms. The average Bonchev–Trinajstić information content (AvgIpc) is 2.51. The summed E-state index contributed by atoms with van der Waals surface area (Å²) >= 11 is 0. The smallest absolute Gasteiger partial charge is 0.263 e. The molecule has 1 amide bonds. The Bertz CT molecular complexity index is 465. The van der Waals surface area contributed by atoms with Crippen molar-refractivity contribution in [2.24, 2.45) is 11.7 Å². The second kappa shape index (κ2) is 10.3. The van der Waals surface area contributed by atoms with Crippen molar-refractivity contribution in [2.75, 3.05) is 20.7 Å². The monoisotopic (exact) mass is 344 g/mol. The van der Waals surface area contributed by atoms with Gasteiger partial charge in [0.2, 0.25) is 0 Å². The minimum atomic E-state index is -0.534. The van der Waals surface area contributed by atoms with Crippen molar-refractivity contribution in [2.45, 2.75) is 39.3 Å². The summed E-state index contributed by atoms with van der Waals surface area (Å²) in [4.78, 5) is 14.0. The highest BCUT2D eigenvalue weighted by molar-refractivity contribution is 5.85. The van der Waals surface area contributed by atoms with Crippen molar-refractivity contribution in [3.8, 4) is 11.5 Å². The molecule has 0 saturated carbocycles. The molecule has 0 aliphatic heterocycles. The largest absolute Gasteiger partial charge is 0.497 e. The SMILES string of the molecule is COc1ccc(OC(C)C(=O)N(C)CCC(N)C(C)C)cc1.Cl. The van der Waals surface area contributed by atoms with Gasteiger partial charge in [0.1, 0.15) is 11.5 Å². The highest BCUT2D eigenvalue weighted by atomic mass is 35.5. The van der Waals surface area contributed by atoms with Crippen LogP contribution in [0.3, 0.4) is 0 Å². The van der Waals surface area contributed by atoms with Crippen molar-refractivity contribution in [3.63, 3.8) is 0 Å². The normalized spacial score (nSPS) is 13.0. The van der Waals surface area contributed by atoms with E-state index in [-0.39, 0.29) is 24.4 Å². The standard InChI is InChI=1S/C17H28N2O3.ClH/c1-12(2)16(18)10-11-19(4)17(20)13(3)22-15-8-6-14(21-5)7-9-15;/h6-9,12-13,16H,10-11,18H2,1-5H3;1H. The number of rotatable bonds is 8. The van der Waals surface area contributed by atoms with Crippen LogP contribution in [0.15, 0.2) is 24.3 Å². The molecule has 132 valence electrons. The van der Waals surface area contributed by atoms with Crippen molar-refractivity contribution >= 4 is 18.3 Å². The van der Waals surface area contributed by atoms with Crippen LogP contribution in [0.25, 0.3) is 0 Å². The molecular formula is C17H29ClN2O3. The third kappa shape index (κ3) is 7.10. The summed E-state index contributed by atoms with van der Waals surface area (Å²) in [5, 5.41) is 0. The van der Waals surface area contributed by atoms with Gasteiger partial charge in [-0.05, 0) is 43.5 Å². The fourth-order valence-electron chi connectivity index (χ4n) is 2.01. The van der Waals surface area contributed by atoms with Gasteiger partial charge >= 0.3 is 0 Å². The summed E-state index contributed by atoms with van der Waals surface area (Å²) in [6.07, 6.45) is 0.253. The van der Waals surface area contributed by atoms with Crippen molar-refractivity contribution in [3.05, 3.63) is 24.3 Å². The minimum Gasteiger partial charge on any atom is -0.497 e. The molecule has 2 unspecified atom stereocenters. The summed E-state index contributed by atoms with van der Waals surface area (Å²) in [6, 6.07) is 7.29. The van der Waals surface area contributed by atoms with Crippen molar-refractivity contribution in [1.29, 1.82) is 0 Å². The van der Waals surface area contributed by atoms with Gasteiger partial charge in [-0.3, -0.25) is 4.79 Å². The average molecular weight is 345 g/mol. The first-order valence-electron chi connectivity index (χ1n) is 7.66. The Balaban J connectivity index is 0.00000484. The predicted molar refractivity (Wildman–Crippen MR) is 95.4 cm³/mol. The summed E-state index contributed by atoms with van der Waals surface area (Å²) in [5.41, 5.74) is 6.01. The summed E-state index contributed by atoms with van der Waals surface area (Å²) in [6.45, 7) is 6.56. The number of hydrogen-bond acceptors (Lipinski definition) is 4. The van der Waals surface area contributed by atoms with E-state index in [1.54, 1.807) is 50.2 Å². The van der Waals surface area contributed by atoms with Gasteiger partial charge in [0, 0.05) is 19.6 Å². The molecule has 0 aliphatic rings. The predicted octanol–water partition coefficient (Wildman–Crippen LogP) is 2.72. The van der Waals surface area contributed by atoms with E-state index >= 15 is 0 Å². The summed E-state index contributed by atoms with van der Waals surface area (Å²) in [5.74, 6) is 1.77. The Morgan fingerprint density at radius 1 is 1.17 bits per heavy atom. The molecule has 0 aliphatic carbocycles. The van der Waals surface area contributed by atoms with Crippen LogP contribution in [0.4, 0.5) is 0 Å². The number of nitrogens with two attached hydrogens (primary N) is 1. The second-order valence-corrected chi connectivity index (χ2v) is 5.89. The zero-order valence-electron chi connectivity index (χ0n) is 14.6. The summed E-state index contributed by atoms with van der Waals surface area (Å²) < 4.78 is 10.8. The minimum absolute atomic E-state index is 0. The molecule has 0 fully saturated rings. The quantitative estimate of drug-likeness (QED) is 0.787. The number of likely N-dealkylation sites (N-methyl/N-ethyl adjacent to an activating group) is 1. The molecule has 0 saturated heterocycles. The fraction of sp³-hybridized carbons (Fsp3) is 0.588. The summed E-state index contributed by atoms with van der Waals surface area (Å²) in [7, 11) is 3.39. The number of nitrogens with zero attached hydrogens (tertiary/aromatic N) is 1. The van der Waals surface area contributed by atoms with Gasteiger partial charge < -0.3 is 20.1 Å². The first-order chi connectivity index (χ1) is 10.3. The molecule has 23 heavy (non-hydrogen) atoms. The number of amides is 1. The first-order valence-corrected chi connectivity index (χ1v) is 7.66. The Hall–Kier alpha value is -1.46. The zero-order chi connectivity index (χ0) is 16.7. The van der Waals surface area contributed by atoms with Crippen LogP contribution in [-0.2, 0) is 4.79 Å². The van der Waals surface area contributed by atoms with E-state index in [0.717, 1.165) is 12.2 Å². The number of benzene rings is 1. The number of ether oxygens (including phenoxy) is 2. The Labute approximate surface area is 145 Å². The highest BCUT2D eigenvalue weighted by Gasteiger charge is 2.20. The van der Waals surface area contributed by atoms with Gasteiger partial charge in [-0.15, -0.1) is 12.4 Å². The maximum absolute atomic E-state index is 12.3. The zero-order valence-corrected chi connectivity index (χ0v) is 15.4. The third-order valence-corrected chi connectivity index (χ3v) is 3.75. The Morgan fingerprint density at radius 2 is 1.70 bits per heavy atom. The topological polar surface area (TPSA) is 64.8 Å². The van der Waals surface area contributed by atoms with Gasteiger partial charge in [0.05, 0.1) is 7.11 Å². The lowest BCUT2D eigenvalue weighted by Gasteiger charge is -2.24. The van der Waals surface area contributed by atoms with Gasteiger partial charge in [-0.1, -0.05) is 13.8 Å². The van der Waals surface area contributed by atoms with Crippen LogP contribution in [0.1, 0.15) is 27.2 Å². The van der Waals surface area contributed by atoms with Gasteiger partial charge in [-0.2, -0.15) is 0 Å². The van der Waals surface area contributed by atoms with Crippen LogP contribution in [0.2, 0.25) is 0 Å². The van der Waals surface area contributed by atoms with Crippen molar-refractivity contribution < 1.29 is 14.3 Å². The molecule has 2 atom stereocenters. The maximum atomic E-state index is 12.3. The third-order valence-electron chi connectivity index (χ3n) is 3.75. The molecule has 1 aromatic rings. The number of hydrogen-bond donors (Lipinski definition) is 1. The van der Waals surface area contributed by atoms with E-state index in [9.17, 15) is 4.79 Å². The highest BCUT2D eigenvalue weighted by Crippen LogP contribution is 2.18. The van der Waals surface area contributed by atoms with Crippen LogP contribution in [-0.4, -0.2) is 43.7 Å². The van der Waals surface area contributed by atoms with Crippen LogP contribution < -0.4 is 15.2 Å².